The van der Waals surface area contributed by atoms with Gasteiger partial charge < -0.3 is 14.5 Å². The van der Waals surface area contributed by atoms with Crippen molar-refractivity contribution < 1.29 is 9.47 Å². The van der Waals surface area contributed by atoms with Gasteiger partial charge in [0.25, 0.3) is 5.56 Å². The summed E-state index contributed by atoms with van der Waals surface area (Å²) >= 11 is 0. The van der Waals surface area contributed by atoms with E-state index in [9.17, 15) is 4.79 Å². The fraction of sp³-hybridized carbons (Fsp3) is 0.375. The number of hydrogen-bond acceptors (Lipinski definition) is 4. The highest BCUT2D eigenvalue weighted by Gasteiger charge is 2.32. The number of nitrogens with one attached hydrogen (secondary N) is 1. The third kappa shape index (κ3) is 2.69. The Morgan fingerprint density at radius 1 is 1.43 bits per heavy atom. The maximum absolute atomic E-state index is 11.8. The van der Waals surface area contributed by atoms with Crippen molar-refractivity contribution >= 4 is 0 Å². The number of methoxy groups -OCH3 is 1. The topological polar surface area (TPSA) is 64.2 Å². The van der Waals surface area contributed by atoms with Crippen LogP contribution in [0, 0.1) is 0 Å². The van der Waals surface area contributed by atoms with Crippen LogP contribution < -0.4 is 10.3 Å². The van der Waals surface area contributed by atoms with Gasteiger partial charge in [-0.2, -0.15) is 0 Å². The van der Waals surface area contributed by atoms with Gasteiger partial charge in [-0.3, -0.25) is 4.79 Å². The second-order valence-electron chi connectivity index (χ2n) is 5.85. The van der Waals surface area contributed by atoms with E-state index in [4.69, 9.17) is 9.47 Å². The Morgan fingerprint density at radius 2 is 2.24 bits per heavy atom. The first kappa shape index (κ1) is 13.8. The van der Waals surface area contributed by atoms with Crippen molar-refractivity contribution in [1.29, 1.82) is 0 Å². The van der Waals surface area contributed by atoms with Crippen molar-refractivity contribution in [2.45, 2.75) is 32.5 Å². The van der Waals surface area contributed by atoms with Crippen LogP contribution in [0.3, 0.4) is 0 Å². The van der Waals surface area contributed by atoms with Crippen LogP contribution in [-0.2, 0) is 17.8 Å². The molecule has 0 saturated carbocycles. The average Bonchev–Trinajstić information content (AvgIpc) is 2.71. The Balaban J connectivity index is 2.11. The molecule has 0 aliphatic carbocycles. The minimum absolute atomic E-state index is 0.193. The van der Waals surface area contributed by atoms with E-state index in [1.165, 1.54) is 6.07 Å². The maximum atomic E-state index is 11.8. The summed E-state index contributed by atoms with van der Waals surface area (Å²) in [7, 11) is 1.58. The number of benzene rings is 1. The Kier molecular flexibility index (Phi) is 3.29. The van der Waals surface area contributed by atoms with Gasteiger partial charge in [0.15, 0.2) is 0 Å². The number of nitrogens with zero attached hydrogens (tertiary/aromatic N) is 1. The van der Waals surface area contributed by atoms with Gasteiger partial charge in [0.05, 0.1) is 17.9 Å². The van der Waals surface area contributed by atoms with E-state index in [2.05, 4.69) is 9.97 Å². The number of aromatic amines is 1. The first-order valence-corrected chi connectivity index (χ1v) is 6.89. The number of H-pyrrole nitrogens is 1. The Morgan fingerprint density at radius 3 is 3.00 bits per heavy atom. The molecule has 0 spiro atoms. The molecule has 1 aromatic heterocycles. The summed E-state index contributed by atoms with van der Waals surface area (Å²) in [5.41, 5.74) is 2.13. The van der Waals surface area contributed by atoms with Crippen LogP contribution in [0.4, 0.5) is 0 Å². The lowest BCUT2D eigenvalue weighted by atomic mass is 10.0. The lowest BCUT2D eigenvalue weighted by Crippen LogP contribution is -2.24. The fourth-order valence-electron chi connectivity index (χ4n) is 2.66. The first-order valence-electron chi connectivity index (χ1n) is 6.89. The van der Waals surface area contributed by atoms with Crippen LogP contribution in [0.25, 0.3) is 11.4 Å². The molecular formula is C16H18N2O3. The first-order chi connectivity index (χ1) is 9.98. The summed E-state index contributed by atoms with van der Waals surface area (Å²) in [6.45, 7) is 4.40. The number of para-hydroxylation sites is 1. The van der Waals surface area contributed by atoms with E-state index < -0.39 is 0 Å². The summed E-state index contributed by atoms with van der Waals surface area (Å²) in [5, 5.41) is 0. The van der Waals surface area contributed by atoms with Gasteiger partial charge in [0.2, 0.25) is 0 Å². The van der Waals surface area contributed by atoms with Gasteiger partial charge in [-0.15, -0.1) is 0 Å². The zero-order valence-electron chi connectivity index (χ0n) is 12.4. The molecule has 0 atom stereocenters. The van der Waals surface area contributed by atoms with Gasteiger partial charge in [-0.1, -0.05) is 12.1 Å². The highest BCUT2D eigenvalue weighted by atomic mass is 16.5. The molecule has 0 unspecified atom stereocenters. The molecule has 0 saturated heterocycles. The molecule has 2 heterocycles. The minimum atomic E-state index is -0.233. The molecule has 5 heteroatoms. The molecule has 2 aromatic rings. The molecule has 1 aliphatic rings. The SMILES string of the molecule is COCc1cc(=O)[nH]c(-c2cccc3c2OC(C)(C)C3)n1. The monoisotopic (exact) mass is 286 g/mol. The average molecular weight is 286 g/mol. The van der Waals surface area contributed by atoms with Crippen molar-refractivity contribution in [2.75, 3.05) is 7.11 Å². The minimum Gasteiger partial charge on any atom is -0.486 e. The van der Waals surface area contributed by atoms with Crippen LogP contribution in [0.2, 0.25) is 0 Å². The fourth-order valence-corrected chi connectivity index (χ4v) is 2.66. The number of rotatable bonds is 3. The lowest BCUT2D eigenvalue weighted by Gasteiger charge is -2.18. The second-order valence-corrected chi connectivity index (χ2v) is 5.85. The molecular weight excluding hydrogens is 268 g/mol. The standard InChI is InChI=1S/C16H18N2O3/c1-16(2)8-10-5-4-6-12(14(10)21-16)15-17-11(9-20-3)7-13(19)18-15/h4-7H,8-9H2,1-3H3,(H,17,18,19). The van der Waals surface area contributed by atoms with E-state index >= 15 is 0 Å². The molecule has 0 radical (unpaired) electrons. The normalized spacial score (nSPS) is 15.6. The molecule has 1 aliphatic heterocycles. The number of fused-ring (bicyclic) bond motifs is 1. The van der Waals surface area contributed by atoms with Crippen LogP contribution in [0.15, 0.2) is 29.1 Å². The van der Waals surface area contributed by atoms with Gasteiger partial charge in [-0.25, -0.2) is 4.98 Å². The number of ether oxygens (including phenoxy) is 2. The van der Waals surface area contributed by atoms with E-state index in [0.29, 0.717) is 18.1 Å². The lowest BCUT2D eigenvalue weighted by molar-refractivity contribution is 0.139. The highest BCUT2D eigenvalue weighted by molar-refractivity contribution is 5.68. The Labute approximate surface area is 123 Å². The van der Waals surface area contributed by atoms with Gasteiger partial charge >= 0.3 is 0 Å². The maximum Gasteiger partial charge on any atom is 0.251 e. The zero-order chi connectivity index (χ0) is 15.0. The van der Waals surface area contributed by atoms with Crippen molar-refractivity contribution in [2.24, 2.45) is 0 Å². The molecule has 3 rings (SSSR count). The number of aromatic nitrogens is 2. The van der Waals surface area contributed by atoms with E-state index in [1.807, 2.05) is 32.0 Å². The quantitative estimate of drug-likeness (QED) is 0.940. The van der Waals surface area contributed by atoms with Crippen LogP contribution in [0.1, 0.15) is 25.1 Å². The van der Waals surface area contributed by atoms with E-state index in [-0.39, 0.29) is 11.2 Å². The predicted octanol–water partition coefficient (Wildman–Crippen LogP) is 2.30. The zero-order valence-corrected chi connectivity index (χ0v) is 12.4. The third-order valence-electron chi connectivity index (χ3n) is 3.43. The van der Waals surface area contributed by atoms with Crippen LogP contribution in [-0.4, -0.2) is 22.7 Å². The molecule has 21 heavy (non-hydrogen) atoms. The second kappa shape index (κ2) is 5.00. The third-order valence-corrected chi connectivity index (χ3v) is 3.43. The Bertz CT molecular complexity index is 735. The van der Waals surface area contributed by atoms with E-state index in [0.717, 1.165) is 23.3 Å². The Hall–Kier alpha value is -2.14. The number of hydrogen-bond donors (Lipinski definition) is 1. The largest absolute Gasteiger partial charge is 0.486 e. The smallest absolute Gasteiger partial charge is 0.251 e. The molecule has 0 amide bonds. The predicted molar refractivity (Wildman–Crippen MR) is 79.4 cm³/mol. The summed E-state index contributed by atoms with van der Waals surface area (Å²) in [6.07, 6.45) is 0.845. The van der Waals surface area contributed by atoms with Crippen LogP contribution in [0.5, 0.6) is 5.75 Å². The molecule has 0 fully saturated rings. The summed E-state index contributed by atoms with van der Waals surface area (Å²) in [6, 6.07) is 7.36. The van der Waals surface area contributed by atoms with Gasteiger partial charge in [0.1, 0.15) is 17.2 Å². The van der Waals surface area contributed by atoms with Crippen molar-refractivity contribution in [3.05, 3.63) is 45.9 Å². The van der Waals surface area contributed by atoms with Gasteiger partial charge in [-0.05, 0) is 25.5 Å². The molecule has 1 N–H and O–H groups in total. The molecule has 1 aromatic carbocycles. The van der Waals surface area contributed by atoms with E-state index in [1.54, 1.807) is 7.11 Å². The highest BCUT2D eigenvalue weighted by Crippen LogP contribution is 2.40. The molecule has 5 nitrogen and oxygen atoms in total. The summed E-state index contributed by atoms with van der Waals surface area (Å²) in [4.78, 5) is 19.0. The summed E-state index contributed by atoms with van der Waals surface area (Å²) < 4.78 is 11.1. The van der Waals surface area contributed by atoms with Gasteiger partial charge in [0, 0.05) is 19.6 Å². The van der Waals surface area contributed by atoms with Crippen molar-refractivity contribution in [3.63, 3.8) is 0 Å². The molecule has 110 valence electrons. The van der Waals surface area contributed by atoms with Crippen molar-refractivity contribution in [1.82, 2.24) is 9.97 Å². The van der Waals surface area contributed by atoms with Crippen molar-refractivity contribution in [3.8, 4) is 17.1 Å². The summed E-state index contributed by atoms with van der Waals surface area (Å²) in [5.74, 6) is 1.32. The molecule has 0 bridgehead atoms. The van der Waals surface area contributed by atoms with Crippen LogP contribution >= 0.6 is 0 Å².